The van der Waals surface area contributed by atoms with E-state index in [9.17, 15) is 9.18 Å². The summed E-state index contributed by atoms with van der Waals surface area (Å²) in [7, 11) is 0. The molecular weight excluding hydrogens is 579 g/mol. The first-order valence-corrected chi connectivity index (χ1v) is 14.4. The topological polar surface area (TPSA) is 143 Å². The third-order valence-electron chi connectivity index (χ3n) is 7.05. The van der Waals surface area contributed by atoms with E-state index in [2.05, 4.69) is 19.9 Å². The van der Waals surface area contributed by atoms with E-state index in [0.29, 0.717) is 59.5 Å². The molecule has 1 aliphatic heterocycles. The number of carbonyl (C=O) groups is 1. The zero-order chi connectivity index (χ0) is 31.7. The number of carbonyl (C=O) groups excluding carboxylic acids is 1. The summed E-state index contributed by atoms with van der Waals surface area (Å²) in [6.07, 6.45) is 4.42. The molecule has 2 aromatic carbocycles. The summed E-state index contributed by atoms with van der Waals surface area (Å²) in [5, 5.41) is 5.48. The Morgan fingerprint density at radius 3 is 2.42 bits per heavy atom. The molecule has 1 saturated heterocycles. The van der Waals surface area contributed by atoms with Crippen LogP contribution < -0.4 is 15.2 Å². The third kappa shape index (κ3) is 6.92. The second-order valence-corrected chi connectivity index (χ2v) is 11.9. The molecule has 0 bridgehead atoms. The fourth-order valence-corrected chi connectivity index (χ4v) is 4.92. The van der Waals surface area contributed by atoms with Crippen molar-refractivity contribution in [1.29, 1.82) is 0 Å². The minimum absolute atomic E-state index is 0.186. The number of halogens is 1. The van der Waals surface area contributed by atoms with Gasteiger partial charge in [0.1, 0.15) is 58.9 Å². The molecule has 13 heteroatoms. The van der Waals surface area contributed by atoms with Crippen molar-refractivity contribution in [3.05, 3.63) is 78.4 Å². The molecule has 5 aromatic rings. The number of hydrogen-bond acceptors (Lipinski definition) is 10. The first-order chi connectivity index (χ1) is 21.5. The molecule has 6 rings (SSSR count). The highest BCUT2D eigenvalue weighted by atomic mass is 19.1. The number of fused-ring (bicyclic) bond motifs is 1. The molecule has 3 aromatic heterocycles. The van der Waals surface area contributed by atoms with Gasteiger partial charge in [-0.05, 0) is 52.0 Å². The number of anilines is 1. The molecule has 0 atom stereocenters. The van der Waals surface area contributed by atoms with E-state index in [-0.39, 0.29) is 24.4 Å². The van der Waals surface area contributed by atoms with E-state index in [0.717, 1.165) is 11.1 Å². The Balaban J connectivity index is 1.15. The zero-order valence-corrected chi connectivity index (χ0v) is 25.4. The smallest absolute Gasteiger partial charge is 0.410 e. The second kappa shape index (κ2) is 12.0. The lowest BCUT2D eigenvalue weighted by Gasteiger charge is -2.39. The molecule has 0 radical (unpaired) electrons. The first kappa shape index (κ1) is 29.7. The fourth-order valence-electron chi connectivity index (χ4n) is 4.92. The van der Waals surface area contributed by atoms with E-state index >= 15 is 0 Å². The van der Waals surface area contributed by atoms with Crippen LogP contribution in [0.5, 0.6) is 17.2 Å². The average Bonchev–Trinajstić information content (AvgIpc) is 3.33. The SMILES string of the molecule is Cc1ncc(COc2cc(F)cc(Oc3ccc(-c4nn(CC5CN(C(=O)OC(C)(C)C)C5)c5ncnc(N)c45)cc3)c2)cn1. The largest absolute Gasteiger partial charge is 0.489 e. The maximum atomic E-state index is 14.4. The highest BCUT2D eigenvalue weighted by molar-refractivity contribution is 5.98. The van der Waals surface area contributed by atoms with Crippen molar-refractivity contribution < 1.29 is 23.4 Å². The summed E-state index contributed by atoms with van der Waals surface area (Å²) < 4.78 is 33.3. The van der Waals surface area contributed by atoms with Gasteiger partial charge in [0.05, 0.1) is 5.39 Å². The lowest BCUT2D eigenvalue weighted by Crippen LogP contribution is -2.52. The van der Waals surface area contributed by atoms with Gasteiger partial charge >= 0.3 is 6.09 Å². The Bertz CT molecular complexity index is 1830. The Labute approximate surface area is 259 Å². The van der Waals surface area contributed by atoms with E-state index < -0.39 is 11.4 Å². The van der Waals surface area contributed by atoms with Crippen molar-refractivity contribution in [3.63, 3.8) is 0 Å². The van der Waals surface area contributed by atoms with Gasteiger partial charge in [-0.1, -0.05) is 0 Å². The van der Waals surface area contributed by atoms with E-state index in [1.54, 1.807) is 47.1 Å². The monoisotopic (exact) mass is 612 g/mol. The number of nitrogen functional groups attached to an aromatic ring is 1. The summed E-state index contributed by atoms with van der Waals surface area (Å²) in [6.45, 7) is 9.20. The van der Waals surface area contributed by atoms with E-state index in [1.807, 2.05) is 32.9 Å². The van der Waals surface area contributed by atoms with Crippen LogP contribution in [0.1, 0.15) is 32.2 Å². The summed E-state index contributed by atoms with van der Waals surface area (Å²) in [5.74, 6) is 1.76. The van der Waals surface area contributed by atoms with Gasteiger partial charge in [-0.25, -0.2) is 33.8 Å². The predicted octanol–water partition coefficient (Wildman–Crippen LogP) is 5.55. The van der Waals surface area contributed by atoms with Crippen molar-refractivity contribution in [2.45, 2.75) is 46.4 Å². The van der Waals surface area contributed by atoms with Crippen LogP contribution in [-0.4, -0.2) is 59.4 Å². The van der Waals surface area contributed by atoms with E-state index in [4.69, 9.17) is 25.0 Å². The molecule has 4 heterocycles. The first-order valence-electron chi connectivity index (χ1n) is 14.4. The summed E-state index contributed by atoms with van der Waals surface area (Å²) in [4.78, 5) is 31.0. The molecule has 0 spiro atoms. The maximum absolute atomic E-state index is 14.4. The standard InChI is InChI=1S/C32H33FN8O4/c1-19-35-12-20(13-36-19)17-43-25-9-23(33)10-26(11-25)44-24-7-5-22(6-8-24)28-27-29(34)37-18-38-30(27)41(39-28)16-21-14-40(15-21)31(42)45-32(2,3)4/h5-13,18,21H,14-17H2,1-4H3,(H2,34,37,38). The van der Waals surface area contributed by atoms with Crippen molar-refractivity contribution in [1.82, 2.24) is 34.6 Å². The van der Waals surface area contributed by atoms with Gasteiger partial charge < -0.3 is 24.8 Å². The van der Waals surface area contributed by atoms with E-state index in [1.165, 1.54) is 18.5 Å². The maximum Gasteiger partial charge on any atom is 0.410 e. The molecular formula is C32H33FN8O4. The van der Waals surface area contributed by atoms with Crippen LogP contribution in [0.2, 0.25) is 0 Å². The van der Waals surface area contributed by atoms with Gasteiger partial charge in [-0.3, -0.25) is 0 Å². The van der Waals surface area contributed by atoms with Crippen LogP contribution in [0.15, 0.2) is 61.2 Å². The summed E-state index contributed by atoms with van der Waals surface area (Å²) >= 11 is 0. The quantitative estimate of drug-likeness (QED) is 0.237. The number of nitrogens with zero attached hydrogens (tertiary/aromatic N) is 7. The van der Waals surface area contributed by atoms with Gasteiger partial charge in [-0.15, -0.1) is 0 Å². The normalized spacial score (nSPS) is 13.5. The molecule has 0 aliphatic carbocycles. The Morgan fingerprint density at radius 1 is 1.00 bits per heavy atom. The lowest BCUT2D eigenvalue weighted by atomic mass is 10.0. The number of ether oxygens (including phenoxy) is 3. The van der Waals surface area contributed by atoms with Crippen molar-refractivity contribution in [2.75, 3.05) is 18.8 Å². The lowest BCUT2D eigenvalue weighted by molar-refractivity contribution is -0.00366. The Hall–Kier alpha value is -5.33. The van der Waals surface area contributed by atoms with Crippen molar-refractivity contribution in [3.8, 4) is 28.5 Å². The van der Waals surface area contributed by atoms with Crippen LogP contribution in [0.3, 0.4) is 0 Å². The van der Waals surface area contributed by atoms with Crippen LogP contribution in [-0.2, 0) is 17.9 Å². The molecule has 12 nitrogen and oxygen atoms in total. The Morgan fingerprint density at radius 2 is 1.71 bits per heavy atom. The van der Waals surface area contributed by atoms with Gasteiger partial charge in [0.25, 0.3) is 0 Å². The number of amides is 1. The third-order valence-corrected chi connectivity index (χ3v) is 7.05. The minimum Gasteiger partial charge on any atom is -0.489 e. The number of aryl methyl sites for hydroxylation is 1. The number of hydrogen-bond donors (Lipinski definition) is 1. The average molecular weight is 613 g/mol. The number of likely N-dealkylation sites (tertiary alicyclic amines) is 1. The molecule has 232 valence electrons. The van der Waals surface area contributed by atoms with Gasteiger partial charge in [0.15, 0.2) is 5.65 Å². The molecule has 1 amide bonds. The zero-order valence-electron chi connectivity index (χ0n) is 25.4. The highest BCUT2D eigenvalue weighted by Crippen LogP contribution is 2.34. The Kier molecular flexibility index (Phi) is 7.92. The van der Waals surface area contributed by atoms with Crippen LogP contribution in [0, 0.1) is 18.7 Å². The molecule has 0 unspecified atom stereocenters. The number of rotatable bonds is 8. The molecule has 0 saturated carbocycles. The van der Waals surface area contributed by atoms with Crippen LogP contribution in [0.25, 0.3) is 22.3 Å². The number of benzene rings is 2. The van der Waals surface area contributed by atoms with Crippen molar-refractivity contribution in [2.24, 2.45) is 5.92 Å². The van der Waals surface area contributed by atoms with Gasteiger partial charge in [0.2, 0.25) is 0 Å². The molecule has 45 heavy (non-hydrogen) atoms. The number of nitrogens with two attached hydrogens (primary N) is 1. The summed E-state index contributed by atoms with van der Waals surface area (Å²) in [6, 6.07) is 11.4. The molecule has 2 N–H and O–H groups in total. The predicted molar refractivity (Wildman–Crippen MR) is 164 cm³/mol. The van der Waals surface area contributed by atoms with Crippen LogP contribution in [0.4, 0.5) is 15.0 Å². The molecule has 1 aliphatic rings. The minimum atomic E-state index is -0.545. The number of aromatic nitrogens is 6. The van der Waals surface area contributed by atoms with Crippen molar-refractivity contribution >= 4 is 22.9 Å². The summed E-state index contributed by atoms with van der Waals surface area (Å²) in [5.41, 5.74) is 8.51. The second-order valence-electron chi connectivity index (χ2n) is 11.9. The van der Waals surface area contributed by atoms with Crippen LogP contribution >= 0.6 is 0 Å². The fraction of sp³-hybridized carbons (Fsp3) is 0.312. The van der Waals surface area contributed by atoms with Gasteiger partial charge in [0, 0.05) is 67.3 Å². The highest BCUT2D eigenvalue weighted by Gasteiger charge is 2.34. The molecule has 1 fully saturated rings. The van der Waals surface area contributed by atoms with Gasteiger partial charge in [-0.2, -0.15) is 5.10 Å².